The van der Waals surface area contributed by atoms with Gasteiger partial charge in [-0.25, -0.2) is 4.99 Å². The van der Waals surface area contributed by atoms with Gasteiger partial charge in [-0.05, 0) is 38.0 Å². The monoisotopic (exact) mass is 331 g/mol. The van der Waals surface area contributed by atoms with Crippen LogP contribution in [-0.4, -0.2) is 36.3 Å². The Kier molecular flexibility index (Phi) is 7.07. The van der Waals surface area contributed by atoms with Gasteiger partial charge in [0.1, 0.15) is 5.75 Å². The fourth-order valence-electron chi connectivity index (χ4n) is 2.17. The number of rotatable bonds is 8. The summed E-state index contributed by atoms with van der Waals surface area (Å²) in [6.45, 7) is 6.05. The van der Waals surface area contributed by atoms with Gasteiger partial charge in [0.25, 0.3) is 0 Å². The maximum absolute atomic E-state index is 5.23. The lowest BCUT2D eigenvalue weighted by atomic mass is 10.2. The van der Waals surface area contributed by atoms with Crippen molar-refractivity contribution in [2.75, 3.05) is 20.2 Å². The normalized spacial score (nSPS) is 11.4. The molecule has 7 nitrogen and oxygen atoms in total. The Labute approximate surface area is 142 Å². The van der Waals surface area contributed by atoms with Crippen LogP contribution in [0.15, 0.2) is 33.8 Å². The minimum absolute atomic E-state index is 0.593. The van der Waals surface area contributed by atoms with Crippen LogP contribution in [0, 0.1) is 6.92 Å². The van der Waals surface area contributed by atoms with Gasteiger partial charge in [0.2, 0.25) is 5.89 Å². The summed E-state index contributed by atoms with van der Waals surface area (Å²) < 4.78 is 10.3. The number of aliphatic imine (C=N–C) groups is 1. The van der Waals surface area contributed by atoms with Gasteiger partial charge in [-0.1, -0.05) is 17.3 Å². The smallest absolute Gasteiger partial charge is 0.226 e. The zero-order valence-electron chi connectivity index (χ0n) is 14.5. The second-order valence-electron chi connectivity index (χ2n) is 5.31. The summed E-state index contributed by atoms with van der Waals surface area (Å²) in [4.78, 5) is 8.79. The molecule has 2 aromatic rings. The first kappa shape index (κ1) is 17.8. The number of aryl methyl sites for hydroxylation is 2. The molecule has 24 heavy (non-hydrogen) atoms. The number of benzene rings is 1. The van der Waals surface area contributed by atoms with Gasteiger partial charge in [-0.15, -0.1) is 0 Å². The van der Waals surface area contributed by atoms with Crippen LogP contribution in [0.25, 0.3) is 0 Å². The van der Waals surface area contributed by atoms with Crippen molar-refractivity contribution in [1.29, 1.82) is 0 Å². The van der Waals surface area contributed by atoms with E-state index >= 15 is 0 Å². The summed E-state index contributed by atoms with van der Waals surface area (Å²) in [6.07, 6.45) is 1.65. The largest absolute Gasteiger partial charge is 0.497 e. The van der Waals surface area contributed by atoms with Crippen molar-refractivity contribution < 1.29 is 9.26 Å². The predicted octanol–water partition coefficient (Wildman–Crippen LogP) is 2.07. The van der Waals surface area contributed by atoms with E-state index < -0.39 is 0 Å². The van der Waals surface area contributed by atoms with E-state index in [0.717, 1.165) is 43.2 Å². The van der Waals surface area contributed by atoms with E-state index in [9.17, 15) is 0 Å². The molecule has 7 heteroatoms. The highest BCUT2D eigenvalue weighted by molar-refractivity contribution is 5.79. The molecule has 1 aromatic heterocycles. The van der Waals surface area contributed by atoms with Gasteiger partial charge in [0, 0.05) is 19.5 Å². The topological polar surface area (TPSA) is 84.6 Å². The van der Waals surface area contributed by atoms with Gasteiger partial charge in [-0.3, -0.25) is 0 Å². The van der Waals surface area contributed by atoms with Crippen molar-refractivity contribution in [2.45, 2.75) is 33.2 Å². The molecule has 1 aromatic carbocycles. The Morgan fingerprint density at radius 2 is 2.21 bits per heavy atom. The van der Waals surface area contributed by atoms with Gasteiger partial charge < -0.3 is 19.9 Å². The third kappa shape index (κ3) is 5.91. The standard InChI is InChI=1S/C17H25N5O2/c1-4-18-17(19-10-6-9-16-21-13(2)22-24-16)20-12-14-7-5-8-15(11-14)23-3/h5,7-8,11H,4,6,9-10,12H2,1-3H3,(H2,18,19,20). The quantitative estimate of drug-likeness (QED) is 0.438. The fourth-order valence-corrected chi connectivity index (χ4v) is 2.17. The molecule has 2 N–H and O–H groups in total. The molecule has 0 bridgehead atoms. The second-order valence-corrected chi connectivity index (χ2v) is 5.31. The maximum Gasteiger partial charge on any atom is 0.226 e. The van der Waals surface area contributed by atoms with Crippen LogP contribution < -0.4 is 15.4 Å². The summed E-state index contributed by atoms with van der Waals surface area (Å²) in [5, 5.41) is 10.3. The zero-order valence-corrected chi connectivity index (χ0v) is 14.5. The predicted molar refractivity (Wildman–Crippen MR) is 93.2 cm³/mol. The van der Waals surface area contributed by atoms with Crippen molar-refractivity contribution in [2.24, 2.45) is 4.99 Å². The van der Waals surface area contributed by atoms with E-state index in [-0.39, 0.29) is 0 Å². The number of methoxy groups -OCH3 is 1. The average Bonchev–Trinajstić information content (AvgIpc) is 3.02. The molecule has 0 radical (unpaired) electrons. The number of hydrogen-bond donors (Lipinski definition) is 2. The molecule has 0 spiro atoms. The number of aromatic nitrogens is 2. The number of guanidine groups is 1. The molecule has 1 heterocycles. The average molecular weight is 331 g/mol. The molecule has 0 atom stereocenters. The molecule has 0 aliphatic rings. The van der Waals surface area contributed by atoms with Crippen LogP contribution in [0.5, 0.6) is 5.75 Å². The van der Waals surface area contributed by atoms with Crippen LogP contribution in [0.4, 0.5) is 0 Å². The van der Waals surface area contributed by atoms with Crippen molar-refractivity contribution in [3.05, 3.63) is 41.5 Å². The third-order valence-corrected chi connectivity index (χ3v) is 3.33. The van der Waals surface area contributed by atoms with E-state index in [1.807, 2.05) is 38.1 Å². The Morgan fingerprint density at radius 3 is 2.92 bits per heavy atom. The lowest BCUT2D eigenvalue weighted by Gasteiger charge is -2.11. The molecule has 0 unspecified atom stereocenters. The molecule has 0 amide bonds. The van der Waals surface area contributed by atoms with Crippen LogP contribution in [-0.2, 0) is 13.0 Å². The Hall–Kier alpha value is -2.57. The molecule has 130 valence electrons. The SMILES string of the molecule is CCNC(=NCc1cccc(OC)c1)NCCCc1nc(C)no1. The Balaban J connectivity index is 1.81. The molecule has 0 saturated heterocycles. The minimum atomic E-state index is 0.593. The van der Waals surface area contributed by atoms with Gasteiger partial charge in [-0.2, -0.15) is 4.98 Å². The highest BCUT2D eigenvalue weighted by atomic mass is 16.5. The van der Waals surface area contributed by atoms with E-state index in [1.165, 1.54) is 0 Å². The first-order valence-corrected chi connectivity index (χ1v) is 8.15. The van der Waals surface area contributed by atoms with E-state index in [0.29, 0.717) is 18.3 Å². The molecular formula is C17H25N5O2. The molecule has 0 fully saturated rings. The third-order valence-electron chi connectivity index (χ3n) is 3.33. The van der Waals surface area contributed by atoms with Crippen molar-refractivity contribution in [3.8, 4) is 5.75 Å². The second kappa shape index (κ2) is 9.54. The highest BCUT2D eigenvalue weighted by Gasteiger charge is 2.03. The number of hydrogen-bond acceptors (Lipinski definition) is 5. The Morgan fingerprint density at radius 1 is 1.33 bits per heavy atom. The van der Waals surface area contributed by atoms with Crippen LogP contribution >= 0.6 is 0 Å². The van der Waals surface area contributed by atoms with Crippen LogP contribution in [0.2, 0.25) is 0 Å². The van der Waals surface area contributed by atoms with E-state index in [1.54, 1.807) is 7.11 Å². The highest BCUT2D eigenvalue weighted by Crippen LogP contribution is 2.13. The number of ether oxygens (including phenoxy) is 1. The lowest BCUT2D eigenvalue weighted by Crippen LogP contribution is -2.37. The summed E-state index contributed by atoms with van der Waals surface area (Å²) in [5.74, 6) is 2.98. The fraction of sp³-hybridized carbons (Fsp3) is 0.471. The van der Waals surface area contributed by atoms with E-state index in [4.69, 9.17) is 9.26 Å². The lowest BCUT2D eigenvalue weighted by molar-refractivity contribution is 0.372. The van der Waals surface area contributed by atoms with E-state index in [2.05, 4.69) is 25.8 Å². The van der Waals surface area contributed by atoms with Gasteiger partial charge in [0.05, 0.1) is 13.7 Å². The first-order chi connectivity index (χ1) is 11.7. The van der Waals surface area contributed by atoms with Crippen molar-refractivity contribution in [3.63, 3.8) is 0 Å². The van der Waals surface area contributed by atoms with Crippen LogP contribution in [0.3, 0.4) is 0 Å². The molecule has 0 saturated carbocycles. The summed E-state index contributed by atoms with van der Waals surface area (Å²) in [5.41, 5.74) is 1.10. The summed E-state index contributed by atoms with van der Waals surface area (Å²) >= 11 is 0. The number of nitrogens with zero attached hydrogens (tertiary/aromatic N) is 3. The van der Waals surface area contributed by atoms with Crippen molar-refractivity contribution >= 4 is 5.96 Å². The number of nitrogens with one attached hydrogen (secondary N) is 2. The minimum Gasteiger partial charge on any atom is -0.497 e. The molecule has 0 aliphatic heterocycles. The summed E-state index contributed by atoms with van der Waals surface area (Å²) in [7, 11) is 1.67. The molecular weight excluding hydrogens is 306 g/mol. The van der Waals surface area contributed by atoms with Gasteiger partial charge >= 0.3 is 0 Å². The Bertz CT molecular complexity index is 654. The first-order valence-electron chi connectivity index (χ1n) is 8.15. The maximum atomic E-state index is 5.23. The molecule has 2 rings (SSSR count). The van der Waals surface area contributed by atoms with Crippen molar-refractivity contribution in [1.82, 2.24) is 20.8 Å². The summed E-state index contributed by atoms with van der Waals surface area (Å²) in [6, 6.07) is 7.92. The molecule has 0 aliphatic carbocycles. The zero-order chi connectivity index (χ0) is 17.2. The van der Waals surface area contributed by atoms with Gasteiger partial charge in [0.15, 0.2) is 11.8 Å². The van der Waals surface area contributed by atoms with Crippen LogP contribution in [0.1, 0.15) is 30.6 Å².